The number of piperazine rings is 1. The number of fused-ring (bicyclic) bond motifs is 6. The molecule has 0 saturated carbocycles. The van der Waals surface area contributed by atoms with Gasteiger partial charge in [0.05, 0.1) is 48.3 Å². The molecular formula is C48H67N9O7S. The fourth-order valence-electron chi connectivity index (χ4n) is 9.79. The monoisotopic (exact) mass is 913 g/mol. The van der Waals surface area contributed by atoms with E-state index in [9.17, 15) is 14.4 Å². The van der Waals surface area contributed by atoms with Crippen molar-refractivity contribution >= 4 is 45.8 Å². The molecule has 65 heavy (non-hydrogen) atoms. The molecule has 4 aliphatic heterocycles. The van der Waals surface area contributed by atoms with Crippen LogP contribution in [0.5, 0.6) is 0 Å². The van der Waals surface area contributed by atoms with Crippen molar-refractivity contribution in [3.05, 3.63) is 52.1 Å². The minimum absolute atomic E-state index is 0.0761. The fourth-order valence-corrected chi connectivity index (χ4v) is 10.7. The molecule has 0 radical (unpaired) electrons. The second-order valence-electron chi connectivity index (χ2n) is 18.8. The molecule has 352 valence electrons. The van der Waals surface area contributed by atoms with E-state index in [1.165, 1.54) is 16.3 Å². The van der Waals surface area contributed by atoms with E-state index < -0.39 is 35.5 Å². The van der Waals surface area contributed by atoms with Crippen molar-refractivity contribution < 1.29 is 33.3 Å². The number of hydrazine groups is 1. The number of likely N-dealkylation sites (tertiary alicyclic amines) is 1. The number of methoxy groups -OCH3 is 2. The molecule has 3 saturated heterocycles. The molecule has 16 nitrogen and oxygen atoms in total. The van der Waals surface area contributed by atoms with Crippen LogP contribution in [0.3, 0.4) is 0 Å². The number of esters is 1. The van der Waals surface area contributed by atoms with E-state index in [0.717, 1.165) is 76.5 Å². The lowest BCUT2D eigenvalue weighted by molar-refractivity contribution is -0.156. The standard InChI is InChI=1S/C48H67N9O7S/c1-10-55-39-15-14-31-21-34(39)36(42(55)35-22-33(24-49-40(35)30(4)62-9)54-19-17-53(7)18-20-54)23-48(5,6)28-64-46(59)37-13-12-16-57(52-37)45(58)41(43(63-11-2)44-50-38(31)27-65-44)51-47(60)56-25-32(26-61-8)29(56)3/h14-15,21-22,24,27,29-30,32,37,41,43,52H,10-13,16-20,23,25-26,28H2,1-9H3,(H,51,60)/t29-,30+,32+,37+,41+,43+/m1/s1. The Morgan fingerprint density at radius 1 is 1.11 bits per heavy atom. The summed E-state index contributed by atoms with van der Waals surface area (Å²) in [6.07, 6.45) is 2.44. The van der Waals surface area contributed by atoms with E-state index in [0.29, 0.717) is 50.5 Å². The van der Waals surface area contributed by atoms with E-state index >= 15 is 0 Å². The summed E-state index contributed by atoms with van der Waals surface area (Å²) in [4.78, 5) is 59.6. The Morgan fingerprint density at radius 2 is 1.89 bits per heavy atom. The zero-order valence-corrected chi connectivity index (χ0v) is 40.3. The summed E-state index contributed by atoms with van der Waals surface area (Å²) in [6.45, 7) is 18.6. The number of nitrogens with zero attached hydrogens (tertiary/aromatic N) is 7. The van der Waals surface area contributed by atoms with E-state index in [-0.39, 0.29) is 37.3 Å². The van der Waals surface area contributed by atoms with Gasteiger partial charge < -0.3 is 43.5 Å². The molecule has 6 atom stereocenters. The summed E-state index contributed by atoms with van der Waals surface area (Å²) in [5.41, 5.74) is 10.5. The number of carbonyl (C=O) groups excluding carboxylic acids is 3. The SMILES string of the molecule is CCO[C@@H]1c2nc(cs2)-c2ccc3c(c2)c(c(-c2cc(N4CCN(C)CC4)cnc2[C@H](C)OC)n3CC)CC(C)(C)COC(=O)[C@@H]2CCCN(N2)C(=O)[C@H]1NC(=O)N1C[C@@H](COC)[C@H]1C. The van der Waals surface area contributed by atoms with E-state index in [2.05, 4.69) is 77.2 Å². The summed E-state index contributed by atoms with van der Waals surface area (Å²) in [6, 6.07) is 6.41. The molecular weight excluding hydrogens is 847 g/mol. The van der Waals surface area contributed by atoms with Crippen LogP contribution in [0.4, 0.5) is 10.5 Å². The van der Waals surface area contributed by atoms with Gasteiger partial charge in [-0.3, -0.25) is 19.6 Å². The average molecular weight is 914 g/mol. The Bertz CT molecular complexity index is 2360. The topological polar surface area (TPSA) is 156 Å². The summed E-state index contributed by atoms with van der Waals surface area (Å²) < 4.78 is 26.3. The van der Waals surface area contributed by atoms with Gasteiger partial charge in [-0.05, 0) is 77.8 Å². The Morgan fingerprint density at radius 3 is 2.60 bits per heavy atom. The minimum atomic E-state index is -1.15. The molecule has 0 unspecified atom stereocenters. The van der Waals surface area contributed by atoms with Crippen LogP contribution in [0.15, 0.2) is 35.8 Å². The highest BCUT2D eigenvalue weighted by Gasteiger charge is 2.44. The van der Waals surface area contributed by atoms with Crippen molar-refractivity contribution in [2.24, 2.45) is 11.3 Å². The van der Waals surface area contributed by atoms with Gasteiger partial charge in [0.25, 0.3) is 5.91 Å². The van der Waals surface area contributed by atoms with Gasteiger partial charge in [0.15, 0.2) is 0 Å². The van der Waals surface area contributed by atoms with Crippen LogP contribution in [0.25, 0.3) is 33.4 Å². The van der Waals surface area contributed by atoms with Gasteiger partial charge in [-0.1, -0.05) is 19.9 Å². The van der Waals surface area contributed by atoms with E-state index in [1.54, 1.807) is 19.1 Å². The van der Waals surface area contributed by atoms with E-state index in [4.69, 9.17) is 28.9 Å². The normalized spacial score (nSPS) is 24.7. The maximum Gasteiger partial charge on any atom is 0.324 e. The number of hydrogen-bond acceptors (Lipinski definition) is 13. The third-order valence-corrected chi connectivity index (χ3v) is 14.7. The van der Waals surface area contributed by atoms with Crippen molar-refractivity contribution in [1.82, 2.24) is 40.1 Å². The minimum Gasteiger partial charge on any atom is -0.464 e. The number of aromatic nitrogens is 3. The van der Waals surface area contributed by atoms with Gasteiger partial charge >= 0.3 is 12.0 Å². The number of carbonyl (C=O) groups is 3. The lowest BCUT2D eigenvalue weighted by Crippen LogP contribution is -2.65. The van der Waals surface area contributed by atoms with Crippen molar-refractivity contribution in [2.45, 2.75) is 97.7 Å². The Balaban J connectivity index is 1.27. The highest BCUT2D eigenvalue weighted by Crippen LogP contribution is 2.43. The van der Waals surface area contributed by atoms with Crippen LogP contribution in [0.1, 0.15) is 82.9 Å². The predicted octanol–water partition coefficient (Wildman–Crippen LogP) is 6.05. The zero-order valence-electron chi connectivity index (χ0n) is 39.5. The highest BCUT2D eigenvalue weighted by molar-refractivity contribution is 7.10. The number of hydrogen-bond donors (Lipinski definition) is 2. The fraction of sp³-hybridized carbons (Fsp3) is 0.604. The van der Waals surface area contributed by atoms with Gasteiger partial charge in [-0.15, -0.1) is 11.3 Å². The molecule has 0 aliphatic carbocycles. The smallest absolute Gasteiger partial charge is 0.324 e. The third kappa shape index (κ3) is 9.50. The van der Waals surface area contributed by atoms with Crippen LogP contribution < -0.4 is 15.6 Å². The molecule has 4 aliphatic rings. The number of ether oxygens (including phenoxy) is 4. The van der Waals surface area contributed by atoms with Gasteiger partial charge in [0.1, 0.15) is 23.2 Å². The second-order valence-corrected chi connectivity index (χ2v) is 19.7. The third-order valence-electron chi connectivity index (χ3n) is 13.7. The maximum atomic E-state index is 14.7. The second kappa shape index (κ2) is 19.7. The number of thiazole rings is 1. The summed E-state index contributed by atoms with van der Waals surface area (Å²) in [5.74, 6) is -0.651. The molecule has 8 rings (SSSR count). The molecule has 3 aromatic heterocycles. The molecule has 4 aromatic rings. The van der Waals surface area contributed by atoms with Crippen molar-refractivity contribution in [3.8, 4) is 22.5 Å². The first kappa shape index (κ1) is 46.9. The number of likely N-dealkylation sites (N-methyl/N-ethyl adjacent to an activating group) is 1. The molecule has 17 heteroatoms. The highest BCUT2D eigenvalue weighted by atomic mass is 32.1. The van der Waals surface area contributed by atoms with E-state index in [1.807, 2.05) is 32.3 Å². The number of nitrogens with one attached hydrogen (secondary N) is 2. The maximum absolute atomic E-state index is 14.7. The molecule has 2 N–H and O–H groups in total. The molecule has 6 bridgehead atoms. The Labute approximate surface area is 386 Å². The van der Waals surface area contributed by atoms with Gasteiger partial charge in [0.2, 0.25) is 0 Å². The first-order chi connectivity index (χ1) is 31.2. The molecule has 3 amide bonds. The molecule has 0 spiro atoms. The summed E-state index contributed by atoms with van der Waals surface area (Å²) in [7, 11) is 5.54. The predicted molar refractivity (Wildman–Crippen MR) is 252 cm³/mol. The van der Waals surface area contributed by atoms with Crippen LogP contribution in [0.2, 0.25) is 0 Å². The number of rotatable bonds is 10. The van der Waals surface area contributed by atoms with Gasteiger partial charge in [0, 0.05) is 111 Å². The quantitative estimate of drug-likeness (QED) is 0.178. The number of cyclic esters (lactones) is 1. The van der Waals surface area contributed by atoms with Crippen molar-refractivity contribution in [2.75, 3.05) is 85.3 Å². The summed E-state index contributed by atoms with van der Waals surface area (Å²) in [5, 5.41) is 8.13. The average Bonchev–Trinajstić information content (AvgIpc) is 3.92. The number of amides is 3. The number of benzene rings is 1. The lowest BCUT2D eigenvalue weighted by Gasteiger charge is -2.46. The Hall–Kier alpha value is -4.65. The summed E-state index contributed by atoms with van der Waals surface area (Å²) >= 11 is 1.40. The van der Waals surface area contributed by atoms with Crippen LogP contribution in [0, 0.1) is 11.3 Å². The number of urea groups is 1. The van der Waals surface area contributed by atoms with Crippen LogP contribution >= 0.6 is 11.3 Å². The van der Waals surface area contributed by atoms with Crippen LogP contribution in [-0.2, 0) is 41.5 Å². The zero-order chi connectivity index (χ0) is 46.2. The van der Waals surface area contributed by atoms with Crippen LogP contribution in [-0.4, -0.2) is 146 Å². The van der Waals surface area contributed by atoms with Crippen molar-refractivity contribution in [3.63, 3.8) is 0 Å². The number of anilines is 1. The molecule has 7 heterocycles. The van der Waals surface area contributed by atoms with Gasteiger partial charge in [-0.25, -0.2) is 15.2 Å². The number of aryl methyl sites for hydroxylation is 1. The first-order valence-electron chi connectivity index (χ1n) is 23.2. The van der Waals surface area contributed by atoms with Crippen molar-refractivity contribution in [1.29, 1.82) is 0 Å². The number of pyridine rings is 1. The lowest BCUT2D eigenvalue weighted by atomic mass is 9.84. The first-order valence-corrected chi connectivity index (χ1v) is 24.1. The molecule has 1 aromatic carbocycles. The Kier molecular flexibility index (Phi) is 14.2. The largest absolute Gasteiger partial charge is 0.464 e. The van der Waals surface area contributed by atoms with Gasteiger partial charge in [-0.2, -0.15) is 0 Å². The molecule has 3 fully saturated rings.